The highest BCUT2D eigenvalue weighted by Gasteiger charge is 2.07. The van der Waals surface area contributed by atoms with Gasteiger partial charge in [-0.25, -0.2) is 8.78 Å². The maximum atomic E-state index is 13.2. The molecule has 0 saturated heterocycles. The van der Waals surface area contributed by atoms with Gasteiger partial charge in [0.25, 0.3) is 0 Å². The van der Waals surface area contributed by atoms with Crippen LogP contribution in [0.1, 0.15) is 23.6 Å². The zero-order valence-electron chi connectivity index (χ0n) is 11.4. The lowest BCUT2D eigenvalue weighted by atomic mass is 10.1. The Bertz CT molecular complexity index is 656. The first-order chi connectivity index (χ1) is 10.1. The molecule has 0 radical (unpaired) electrons. The molecule has 0 heterocycles. The molecule has 0 spiro atoms. The molecule has 108 valence electrons. The molecular formula is C16H13ClF2N2. The van der Waals surface area contributed by atoms with Crippen LogP contribution in [0.2, 0.25) is 5.02 Å². The van der Waals surface area contributed by atoms with Gasteiger partial charge in [-0.1, -0.05) is 42.8 Å². The Morgan fingerprint density at radius 1 is 0.952 bits per heavy atom. The van der Waals surface area contributed by atoms with Crippen molar-refractivity contribution in [1.29, 1.82) is 0 Å². The lowest BCUT2D eigenvalue weighted by Gasteiger charge is -1.98. The Kier molecular flexibility index (Phi) is 5.17. The van der Waals surface area contributed by atoms with Crippen LogP contribution in [0.5, 0.6) is 0 Å². The summed E-state index contributed by atoms with van der Waals surface area (Å²) in [6, 6.07) is 10.1. The zero-order chi connectivity index (χ0) is 15.2. The van der Waals surface area contributed by atoms with Crippen LogP contribution < -0.4 is 0 Å². The number of benzene rings is 2. The smallest absolute Gasteiger partial charge is 0.145 e. The summed E-state index contributed by atoms with van der Waals surface area (Å²) in [5.74, 6) is -1.64. The fraction of sp³-hybridized carbons (Fsp3) is 0.125. The van der Waals surface area contributed by atoms with Crippen LogP contribution in [0.4, 0.5) is 8.78 Å². The van der Waals surface area contributed by atoms with Crippen molar-refractivity contribution in [3.63, 3.8) is 0 Å². The van der Waals surface area contributed by atoms with E-state index in [0.717, 1.165) is 24.1 Å². The summed E-state index contributed by atoms with van der Waals surface area (Å²) in [7, 11) is 0. The Morgan fingerprint density at radius 3 is 2.00 bits per heavy atom. The van der Waals surface area contributed by atoms with Crippen molar-refractivity contribution < 1.29 is 8.78 Å². The van der Waals surface area contributed by atoms with E-state index in [-0.39, 0.29) is 5.56 Å². The Balaban J connectivity index is 2.06. The van der Waals surface area contributed by atoms with Crippen LogP contribution in [-0.2, 0) is 6.42 Å². The van der Waals surface area contributed by atoms with Gasteiger partial charge in [-0.3, -0.25) is 0 Å². The van der Waals surface area contributed by atoms with Crippen molar-refractivity contribution in [2.45, 2.75) is 13.3 Å². The van der Waals surface area contributed by atoms with E-state index in [2.05, 4.69) is 17.1 Å². The SMILES string of the molecule is CCc1ccc(C=NN=Cc2cc(F)c(Cl)c(F)c2)cc1. The molecule has 0 unspecified atom stereocenters. The summed E-state index contributed by atoms with van der Waals surface area (Å²) in [6.07, 6.45) is 3.81. The van der Waals surface area contributed by atoms with Crippen LogP contribution in [0.25, 0.3) is 0 Å². The van der Waals surface area contributed by atoms with Crippen molar-refractivity contribution in [3.8, 4) is 0 Å². The Morgan fingerprint density at radius 2 is 1.48 bits per heavy atom. The molecule has 21 heavy (non-hydrogen) atoms. The maximum Gasteiger partial charge on any atom is 0.145 e. The predicted octanol–water partition coefficient (Wildman–Crippen LogP) is 4.63. The second kappa shape index (κ2) is 7.09. The molecule has 2 aromatic rings. The topological polar surface area (TPSA) is 24.7 Å². The van der Waals surface area contributed by atoms with Gasteiger partial charge in [-0.05, 0) is 29.7 Å². The van der Waals surface area contributed by atoms with Gasteiger partial charge >= 0.3 is 0 Å². The lowest BCUT2D eigenvalue weighted by Crippen LogP contribution is -1.89. The molecule has 0 atom stereocenters. The number of nitrogens with zero attached hydrogens (tertiary/aromatic N) is 2. The Hall–Kier alpha value is -2.07. The van der Waals surface area contributed by atoms with Gasteiger partial charge in [-0.15, -0.1) is 0 Å². The lowest BCUT2D eigenvalue weighted by molar-refractivity contribution is 0.584. The summed E-state index contributed by atoms with van der Waals surface area (Å²) >= 11 is 5.39. The second-order valence-electron chi connectivity index (χ2n) is 4.38. The minimum Gasteiger partial charge on any atom is -0.205 e. The van der Waals surface area contributed by atoms with E-state index in [1.807, 2.05) is 24.3 Å². The molecule has 0 fully saturated rings. The van der Waals surface area contributed by atoms with E-state index in [1.165, 1.54) is 11.8 Å². The molecule has 2 rings (SSSR count). The molecule has 0 aromatic heterocycles. The Labute approximate surface area is 126 Å². The van der Waals surface area contributed by atoms with Crippen LogP contribution in [0, 0.1) is 11.6 Å². The first-order valence-electron chi connectivity index (χ1n) is 6.40. The van der Waals surface area contributed by atoms with Gasteiger partial charge in [0.05, 0.1) is 12.4 Å². The number of rotatable bonds is 4. The van der Waals surface area contributed by atoms with Crippen molar-refractivity contribution in [1.82, 2.24) is 0 Å². The number of halogens is 3. The van der Waals surface area contributed by atoms with Crippen LogP contribution in [0.3, 0.4) is 0 Å². The standard InChI is InChI=1S/C16H13ClF2N2/c1-2-11-3-5-12(6-4-11)9-20-21-10-13-7-14(18)16(17)15(19)8-13/h3-10H,2H2,1H3. The average molecular weight is 307 g/mol. The van der Waals surface area contributed by atoms with E-state index in [4.69, 9.17) is 11.6 Å². The number of hydrogen-bond donors (Lipinski definition) is 0. The number of hydrogen-bond acceptors (Lipinski definition) is 2. The van der Waals surface area contributed by atoms with Gasteiger partial charge in [0.2, 0.25) is 0 Å². The van der Waals surface area contributed by atoms with Crippen molar-refractivity contribution in [3.05, 3.63) is 69.7 Å². The second-order valence-corrected chi connectivity index (χ2v) is 4.76. The molecule has 0 aliphatic rings. The molecule has 0 saturated carbocycles. The number of aryl methyl sites for hydroxylation is 1. The van der Waals surface area contributed by atoms with Crippen molar-refractivity contribution in [2.75, 3.05) is 0 Å². The summed E-state index contributed by atoms with van der Waals surface area (Å²) < 4.78 is 26.4. The minimum atomic E-state index is -0.822. The highest BCUT2D eigenvalue weighted by atomic mass is 35.5. The molecule has 0 N–H and O–H groups in total. The minimum absolute atomic E-state index is 0.257. The molecule has 0 aliphatic heterocycles. The largest absolute Gasteiger partial charge is 0.205 e. The fourth-order valence-corrected chi connectivity index (χ4v) is 1.80. The first kappa shape index (κ1) is 15.3. The molecule has 0 amide bonds. The van der Waals surface area contributed by atoms with Crippen LogP contribution >= 0.6 is 11.6 Å². The molecule has 2 aromatic carbocycles. The third-order valence-corrected chi connectivity index (χ3v) is 3.24. The van der Waals surface area contributed by atoms with Gasteiger partial charge in [-0.2, -0.15) is 10.2 Å². The van der Waals surface area contributed by atoms with Gasteiger partial charge < -0.3 is 0 Å². The third-order valence-electron chi connectivity index (χ3n) is 2.87. The van der Waals surface area contributed by atoms with E-state index in [0.29, 0.717) is 0 Å². The van der Waals surface area contributed by atoms with E-state index >= 15 is 0 Å². The quantitative estimate of drug-likeness (QED) is 0.447. The summed E-state index contributed by atoms with van der Waals surface area (Å²) in [4.78, 5) is 0. The van der Waals surface area contributed by atoms with E-state index in [1.54, 1.807) is 6.21 Å². The van der Waals surface area contributed by atoms with Crippen molar-refractivity contribution >= 4 is 24.0 Å². The fourth-order valence-electron chi connectivity index (χ4n) is 1.69. The van der Waals surface area contributed by atoms with E-state index in [9.17, 15) is 8.78 Å². The first-order valence-corrected chi connectivity index (χ1v) is 6.78. The van der Waals surface area contributed by atoms with Crippen LogP contribution in [-0.4, -0.2) is 12.4 Å². The summed E-state index contributed by atoms with van der Waals surface area (Å²) in [6.45, 7) is 2.08. The molecule has 0 bridgehead atoms. The highest BCUT2D eigenvalue weighted by molar-refractivity contribution is 6.30. The molecule has 2 nitrogen and oxygen atoms in total. The van der Waals surface area contributed by atoms with Crippen LogP contribution in [0.15, 0.2) is 46.6 Å². The monoisotopic (exact) mass is 306 g/mol. The third kappa shape index (κ3) is 4.20. The summed E-state index contributed by atoms with van der Waals surface area (Å²) in [5, 5.41) is 7.08. The normalized spacial score (nSPS) is 11.6. The van der Waals surface area contributed by atoms with Gasteiger partial charge in [0, 0.05) is 5.56 Å². The van der Waals surface area contributed by atoms with Crippen molar-refractivity contribution in [2.24, 2.45) is 10.2 Å². The highest BCUT2D eigenvalue weighted by Crippen LogP contribution is 2.19. The zero-order valence-corrected chi connectivity index (χ0v) is 12.1. The molecule has 0 aliphatic carbocycles. The maximum absolute atomic E-state index is 13.2. The predicted molar refractivity (Wildman–Crippen MR) is 82.4 cm³/mol. The molecule has 5 heteroatoms. The van der Waals surface area contributed by atoms with Gasteiger partial charge in [0.15, 0.2) is 0 Å². The average Bonchev–Trinajstić information content (AvgIpc) is 2.49. The summed E-state index contributed by atoms with van der Waals surface area (Å²) in [5.41, 5.74) is 2.40. The molecular weight excluding hydrogens is 294 g/mol. The van der Waals surface area contributed by atoms with Gasteiger partial charge in [0.1, 0.15) is 16.7 Å². The van der Waals surface area contributed by atoms with E-state index < -0.39 is 16.7 Å².